The molecule has 2 aromatic carbocycles. The van der Waals surface area contributed by atoms with E-state index in [0.29, 0.717) is 6.07 Å². The maximum atomic E-state index is 14.1. The monoisotopic (exact) mass is 745 g/mol. The molecule has 0 radical (unpaired) electrons. The number of urea groups is 1. The van der Waals surface area contributed by atoms with Gasteiger partial charge in [0, 0.05) is 30.0 Å². The number of ether oxygens (including phenoxy) is 2. The van der Waals surface area contributed by atoms with Crippen LogP contribution < -0.4 is 26.0 Å². The van der Waals surface area contributed by atoms with E-state index in [0.717, 1.165) is 23.4 Å². The van der Waals surface area contributed by atoms with Gasteiger partial charge in [-0.25, -0.2) is 23.5 Å². The normalized spacial score (nSPS) is 16.4. The first-order valence-corrected chi connectivity index (χ1v) is 15.9. The van der Waals surface area contributed by atoms with Crippen LogP contribution in [0.25, 0.3) is 11.0 Å². The Morgan fingerprint density at radius 3 is 2.55 bits per heavy atom. The number of amides is 6. The first-order valence-electron chi connectivity index (χ1n) is 15.9. The Labute approximate surface area is 295 Å². The number of piperidine rings is 1. The van der Waals surface area contributed by atoms with Crippen molar-refractivity contribution in [3.63, 3.8) is 0 Å². The van der Waals surface area contributed by atoms with E-state index >= 15 is 0 Å². The number of aryl methyl sites for hydroxylation is 1. The van der Waals surface area contributed by atoms with Gasteiger partial charge in [-0.15, -0.1) is 0 Å². The number of benzene rings is 2. The lowest BCUT2D eigenvalue weighted by atomic mass is 10.0. The van der Waals surface area contributed by atoms with Crippen LogP contribution in [0.4, 0.5) is 38.4 Å². The summed E-state index contributed by atoms with van der Waals surface area (Å²) in [6.07, 6.45) is -2.80. The number of hydrogen-bond acceptors (Lipinski definition) is 11. The van der Waals surface area contributed by atoms with Crippen molar-refractivity contribution in [2.24, 2.45) is 0 Å². The number of rotatable bonds is 12. The van der Waals surface area contributed by atoms with E-state index in [4.69, 9.17) is 13.9 Å². The lowest BCUT2D eigenvalue weighted by Gasteiger charge is -2.27. The molecule has 4 heterocycles. The van der Waals surface area contributed by atoms with Crippen molar-refractivity contribution in [2.45, 2.75) is 38.0 Å². The number of nitrogens with one attached hydrogen (secondary N) is 4. The van der Waals surface area contributed by atoms with Crippen LogP contribution >= 0.6 is 0 Å². The van der Waals surface area contributed by atoms with Crippen LogP contribution in [0.1, 0.15) is 50.9 Å². The number of nitrogens with zero attached hydrogens (tertiary/aromatic N) is 3. The van der Waals surface area contributed by atoms with Gasteiger partial charge in [0.2, 0.25) is 17.8 Å². The van der Waals surface area contributed by atoms with E-state index in [1.165, 1.54) is 25.1 Å². The van der Waals surface area contributed by atoms with Crippen molar-refractivity contribution >= 4 is 52.3 Å². The highest BCUT2D eigenvalue weighted by molar-refractivity contribution is 6.24. The minimum absolute atomic E-state index is 0.00415. The Morgan fingerprint density at radius 2 is 1.83 bits per heavy atom. The highest BCUT2D eigenvalue weighted by Gasteiger charge is 2.47. The molecular formula is C33H28F5N7O8. The third-order valence-corrected chi connectivity index (χ3v) is 8.21. The Bertz CT molecular complexity index is 2110. The van der Waals surface area contributed by atoms with Gasteiger partial charge < -0.3 is 29.8 Å². The molecule has 6 rings (SSSR count). The summed E-state index contributed by atoms with van der Waals surface area (Å²) in [4.78, 5) is 71.2. The van der Waals surface area contributed by atoms with E-state index in [2.05, 4.69) is 25.9 Å². The van der Waals surface area contributed by atoms with Crippen molar-refractivity contribution in [3.05, 3.63) is 76.8 Å². The van der Waals surface area contributed by atoms with Gasteiger partial charge in [-0.2, -0.15) is 13.2 Å². The van der Waals surface area contributed by atoms with E-state index in [1.807, 2.05) is 0 Å². The second kappa shape index (κ2) is 14.8. The molecule has 53 heavy (non-hydrogen) atoms. The molecule has 2 aliphatic heterocycles. The average molecular weight is 746 g/mol. The second-order valence-electron chi connectivity index (χ2n) is 11.7. The van der Waals surface area contributed by atoms with Gasteiger partial charge >= 0.3 is 12.2 Å². The quantitative estimate of drug-likeness (QED) is 0.0925. The van der Waals surface area contributed by atoms with Gasteiger partial charge in [0.15, 0.2) is 17.4 Å². The molecule has 6 amide bonds. The molecule has 15 nitrogen and oxygen atoms in total. The smallest absolute Gasteiger partial charge is 0.416 e. The summed E-state index contributed by atoms with van der Waals surface area (Å²) < 4.78 is 85.9. The summed E-state index contributed by atoms with van der Waals surface area (Å²) >= 11 is 0. The number of imide groups is 2. The van der Waals surface area contributed by atoms with Gasteiger partial charge in [0.25, 0.3) is 11.8 Å². The molecule has 20 heteroatoms. The largest absolute Gasteiger partial charge is 0.490 e. The van der Waals surface area contributed by atoms with Crippen LogP contribution in [0.5, 0.6) is 5.75 Å². The van der Waals surface area contributed by atoms with Crippen LogP contribution in [-0.4, -0.2) is 83.1 Å². The number of hydrogen-bond donors (Lipinski definition) is 4. The summed E-state index contributed by atoms with van der Waals surface area (Å²) in [6.45, 7) is 1.59. The predicted molar refractivity (Wildman–Crippen MR) is 172 cm³/mol. The first-order chi connectivity index (χ1) is 25.2. The molecular weight excluding hydrogens is 717 g/mol. The van der Waals surface area contributed by atoms with Crippen LogP contribution in [0, 0.1) is 18.6 Å². The molecule has 4 N–H and O–H groups in total. The Balaban J connectivity index is 0.948. The highest BCUT2D eigenvalue weighted by Crippen LogP contribution is 2.39. The van der Waals surface area contributed by atoms with E-state index < -0.39 is 70.9 Å². The third-order valence-electron chi connectivity index (χ3n) is 8.21. The molecule has 2 atom stereocenters. The van der Waals surface area contributed by atoms with Crippen LogP contribution in [0.15, 0.2) is 47.1 Å². The molecule has 0 aliphatic carbocycles. The average Bonchev–Trinajstić information content (AvgIpc) is 3.56. The molecule has 0 spiro atoms. The minimum Gasteiger partial charge on any atom is -0.490 e. The number of carbonyl (C=O) groups excluding carboxylic acids is 5. The van der Waals surface area contributed by atoms with Crippen LogP contribution in [0.2, 0.25) is 0 Å². The topological polar surface area (TPSA) is 194 Å². The maximum Gasteiger partial charge on any atom is 0.416 e. The molecule has 0 bridgehead atoms. The van der Waals surface area contributed by atoms with Crippen molar-refractivity contribution in [3.8, 4) is 5.75 Å². The van der Waals surface area contributed by atoms with Gasteiger partial charge in [-0.3, -0.25) is 29.4 Å². The number of furan rings is 1. The Hall–Kier alpha value is -6.18. The fourth-order valence-electron chi connectivity index (χ4n) is 5.77. The zero-order valence-electron chi connectivity index (χ0n) is 27.4. The van der Waals surface area contributed by atoms with Gasteiger partial charge in [-0.05, 0) is 31.5 Å². The number of anilines is 2. The number of halogens is 5. The molecule has 2 aromatic heterocycles. The van der Waals surface area contributed by atoms with Crippen molar-refractivity contribution < 1.29 is 59.8 Å². The summed E-state index contributed by atoms with van der Waals surface area (Å²) in [7, 11) is 0. The standard InChI is InChI=1S/C33H28F5N7O8/c1-15-19-11-16(34)12-20(35)26(19)53-25(15)27(33(36,37)38)44-32(50)42-17-13-40-31(41-14-17)39-7-8-51-9-10-52-22-4-2-3-18-24(22)30(49)45(29(18)48)21-5-6-23(46)43-28(21)47/h2-4,11-14,21,27H,5-10H2,1H3,(H,39,40,41)(H2,42,44,50)(H,43,46,47)/t21?,27-/m1/s1. The summed E-state index contributed by atoms with van der Waals surface area (Å²) in [5.41, 5.74) is -0.773. The van der Waals surface area contributed by atoms with Crippen molar-refractivity contribution in [1.29, 1.82) is 0 Å². The molecule has 4 aromatic rings. The lowest BCUT2D eigenvalue weighted by molar-refractivity contribution is -0.158. The number of alkyl halides is 3. The van der Waals surface area contributed by atoms with Gasteiger partial charge in [0.1, 0.15) is 30.0 Å². The molecule has 2 aliphatic rings. The molecule has 1 saturated heterocycles. The molecule has 1 fully saturated rings. The van der Waals surface area contributed by atoms with E-state index in [1.54, 1.807) is 5.32 Å². The summed E-state index contributed by atoms with van der Waals surface area (Å²) in [6, 6.07) is 0.659. The van der Waals surface area contributed by atoms with Crippen LogP contribution in [-0.2, 0) is 14.3 Å². The fraction of sp³-hybridized carbons (Fsp3) is 0.303. The maximum absolute atomic E-state index is 14.1. The van der Waals surface area contributed by atoms with Gasteiger partial charge in [-0.1, -0.05) is 6.07 Å². The highest BCUT2D eigenvalue weighted by atomic mass is 19.4. The minimum atomic E-state index is -5.06. The number of carbonyl (C=O) groups is 5. The van der Waals surface area contributed by atoms with Crippen molar-refractivity contribution in [2.75, 3.05) is 37.0 Å². The van der Waals surface area contributed by atoms with E-state index in [9.17, 15) is 45.9 Å². The number of fused-ring (bicyclic) bond motifs is 2. The first kappa shape index (κ1) is 36.6. The molecule has 278 valence electrons. The zero-order chi connectivity index (χ0) is 38.0. The third kappa shape index (κ3) is 7.71. The van der Waals surface area contributed by atoms with Gasteiger partial charge in [0.05, 0.1) is 42.4 Å². The lowest BCUT2D eigenvalue weighted by Crippen LogP contribution is -2.54. The second-order valence-corrected chi connectivity index (χ2v) is 11.7. The SMILES string of the molecule is Cc1c([C@@H](NC(=O)Nc2cnc(NCCOCCOc3cccc4c3C(=O)N(C3CCC(=O)NC3=O)C4=O)nc2)C(F)(F)F)oc2c(F)cc(F)cc12. The van der Waals surface area contributed by atoms with E-state index in [-0.39, 0.29) is 78.7 Å². The fourth-order valence-corrected chi connectivity index (χ4v) is 5.77. The summed E-state index contributed by atoms with van der Waals surface area (Å²) in [5, 5.41) is 8.68. The zero-order valence-corrected chi connectivity index (χ0v) is 27.4. The van der Waals surface area contributed by atoms with Crippen LogP contribution in [0.3, 0.4) is 0 Å². The Kier molecular flexibility index (Phi) is 10.2. The summed E-state index contributed by atoms with van der Waals surface area (Å²) in [5.74, 6) is -5.38. The number of aromatic nitrogens is 2. The van der Waals surface area contributed by atoms with Crippen molar-refractivity contribution in [1.82, 2.24) is 25.5 Å². The predicted octanol–water partition coefficient (Wildman–Crippen LogP) is 4.14. The molecule has 0 saturated carbocycles. The Morgan fingerprint density at radius 1 is 1.08 bits per heavy atom. The molecule has 1 unspecified atom stereocenters.